The van der Waals surface area contributed by atoms with E-state index >= 15 is 0 Å². The molecule has 2 N–H and O–H groups in total. The molecule has 2 aromatic rings. The maximum atomic E-state index is 10.6. The maximum Gasteiger partial charge on any atom is 0.269 e. The zero-order valence-electron chi connectivity index (χ0n) is 11.5. The summed E-state index contributed by atoms with van der Waals surface area (Å²) in [4.78, 5) is 10.1. The van der Waals surface area contributed by atoms with Gasteiger partial charge in [0.1, 0.15) is 12.4 Å². The Labute approximate surface area is 131 Å². The highest BCUT2D eigenvalue weighted by molar-refractivity contribution is 6.30. The van der Waals surface area contributed by atoms with Crippen molar-refractivity contribution < 1.29 is 19.9 Å². The van der Waals surface area contributed by atoms with Crippen LogP contribution in [0.5, 0.6) is 5.75 Å². The molecule has 0 radical (unpaired) electrons. The predicted molar refractivity (Wildman–Crippen MR) is 80.7 cm³/mol. The number of non-ortho nitro benzene ring substituents is 1. The minimum atomic E-state index is -0.475. The molecule has 0 aliphatic rings. The van der Waals surface area contributed by atoms with Gasteiger partial charge in [-0.3, -0.25) is 10.1 Å². The number of hydrogen-bond donors (Lipinski definition) is 2. The van der Waals surface area contributed by atoms with E-state index in [0.29, 0.717) is 21.9 Å². The summed E-state index contributed by atoms with van der Waals surface area (Å²) in [6.45, 7) is -0.397. The lowest BCUT2D eigenvalue weighted by atomic mass is 10.1. The third-order valence-corrected chi connectivity index (χ3v) is 3.30. The van der Waals surface area contributed by atoms with E-state index in [9.17, 15) is 20.3 Å². The molecule has 0 spiro atoms. The first-order valence-corrected chi connectivity index (χ1v) is 6.82. The average Bonchev–Trinajstić information content (AvgIpc) is 2.53. The van der Waals surface area contributed by atoms with E-state index < -0.39 is 4.92 Å². The first kappa shape index (κ1) is 16.2. The summed E-state index contributed by atoms with van der Waals surface area (Å²) in [5.74, 6) is 0.368. The van der Waals surface area contributed by atoms with Crippen molar-refractivity contribution in [2.75, 3.05) is 0 Å². The van der Waals surface area contributed by atoms with Gasteiger partial charge in [0.15, 0.2) is 0 Å². The zero-order valence-corrected chi connectivity index (χ0v) is 12.3. The molecular weight excluding hydrogens is 310 g/mol. The number of ether oxygens (including phenoxy) is 1. The van der Waals surface area contributed by atoms with Crippen molar-refractivity contribution in [3.05, 3.63) is 68.2 Å². The number of nitro groups is 1. The normalized spacial score (nSPS) is 10.5. The molecule has 0 saturated heterocycles. The minimum absolute atomic E-state index is 0.00216. The van der Waals surface area contributed by atoms with E-state index in [1.54, 1.807) is 24.3 Å². The summed E-state index contributed by atoms with van der Waals surface area (Å²) >= 11 is 5.90. The Balaban J connectivity index is 2.18. The molecule has 2 rings (SSSR count). The molecule has 0 aliphatic heterocycles. The lowest BCUT2D eigenvalue weighted by Gasteiger charge is -2.14. The summed E-state index contributed by atoms with van der Waals surface area (Å²) in [5.41, 5.74) is 1.67. The van der Waals surface area contributed by atoms with Crippen LogP contribution in [0.4, 0.5) is 5.69 Å². The fourth-order valence-corrected chi connectivity index (χ4v) is 2.26. The molecule has 0 atom stereocenters. The fourth-order valence-electron chi connectivity index (χ4n) is 2.00. The van der Waals surface area contributed by atoms with Gasteiger partial charge < -0.3 is 14.9 Å². The molecule has 2 aromatic carbocycles. The molecule has 0 saturated carbocycles. The zero-order chi connectivity index (χ0) is 16.1. The van der Waals surface area contributed by atoms with Crippen LogP contribution >= 0.6 is 11.6 Å². The smallest absolute Gasteiger partial charge is 0.269 e. The van der Waals surface area contributed by atoms with Gasteiger partial charge in [-0.2, -0.15) is 0 Å². The summed E-state index contributed by atoms with van der Waals surface area (Å²) in [6, 6.07) is 9.08. The second-order valence-electron chi connectivity index (χ2n) is 4.58. The highest BCUT2D eigenvalue weighted by Gasteiger charge is 2.12. The molecule has 0 fully saturated rings. The van der Waals surface area contributed by atoms with Crippen molar-refractivity contribution >= 4 is 17.3 Å². The minimum Gasteiger partial charge on any atom is -0.488 e. The topological polar surface area (TPSA) is 92.8 Å². The Morgan fingerprint density at radius 3 is 2.09 bits per heavy atom. The van der Waals surface area contributed by atoms with Gasteiger partial charge in [0.2, 0.25) is 0 Å². The Bertz CT molecular complexity index is 647. The SMILES string of the molecule is O=[N+]([O-])c1ccc(COc2c(CO)cc(Cl)cc2CO)cc1. The number of nitrogens with zero attached hydrogens (tertiary/aromatic N) is 1. The summed E-state index contributed by atoms with van der Waals surface area (Å²) in [5, 5.41) is 29.7. The van der Waals surface area contributed by atoms with Crippen molar-refractivity contribution in [3.8, 4) is 5.75 Å². The Morgan fingerprint density at radius 2 is 1.64 bits per heavy atom. The lowest BCUT2D eigenvalue weighted by Crippen LogP contribution is -2.03. The summed E-state index contributed by atoms with van der Waals surface area (Å²) < 4.78 is 5.64. The van der Waals surface area contributed by atoms with Crippen molar-refractivity contribution in [1.29, 1.82) is 0 Å². The molecular formula is C15H14ClNO5. The van der Waals surface area contributed by atoms with Crippen LogP contribution in [-0.4, -0.2) is 15.1 Å². The van der Waals surface area contributed by atoms with Crippen LogP contribution in [0.15, 0.2) is 36.4 Å². The molecule has 0 aliphatic carbocycles. The van der Waals surface area contributed by atoms with Crippen molar-refractivity contribution in [2.45, 2.75) is 19.8 Å². The van der Waals surface area contributed by atoms with Gasteiger partial charge in [0.05, 0.1) is 18.1 Å². The molecule has 0 amide bonds. The van der Waals surface area contributed by atoms with Crippen LogP contribution in [0.3, 0.4) is 0 Å². The van der Waals surface area contributed by atoms with Gasteiger partial charge in [0.25, 0.3) is 5.69 Å². The van der Waals surface area contributed by atoms with Gasteiger partial charge >= 0.3 is 0 Å². The van der Waals surface area contributed by atoms with Crippen molar-refractivity contribution in [2.24, 2.45) is 0 Å². The Hall–Kier alpha value is -2.15. The maximum absolute atomic E-state index is 10.6. The van der Waals surface area contributed by atoms with E-state index in [4.69, 9.17) is 16.3 Å². The predicted octanol–water partition coefficient (Wildman–Crippen LogP) is 2.81. The van der Waals surface area contributed by atoms with Crippen LogP contribution in [0, 0.1) is 10.1 Å². The largest absolute Gasteiger partial charge is 0.488 e. The van der Waals surface area contributed by atoms with Crippen molar-refractivity contribution in [3.63, 3.8) is 0 Å². The van der Waals surface area contributed by atoms with Gasteiger partial charge in [-0.1, -0.05) is 11.6 Å². The van der Waals surface area contributed by atoms with Gasteiger partial charge in [-0.05, 0) is 29.8 Å². The number of benzene rings is 2. The number of rotatable bonds is 6. The Morgan fingerprint density at radius 1 is 1.09 bits per heavy atom. The molecule has 22 heavy (non-hydrogen) atoms. The third-order valence-electron chi connectivity index (χ3n) is 3.08. The molecule has 0 unspecified atom stereocenters. The highest BCUT2D eigenvalue weighted by Crippen LogP contribution is 2.29. The third kappa shape index (κ3) is 3.73. The quantitative estimate of drug-likeness (QED) is 0.630. The Kier molecular flexibility index (Phi) is 5.32. The number of aliphatic hydroxyl groups is 2. The van der Waals surface area contributed by atoms with Crippen LogP contribution in [0.2, 0.25) is 5.02 Å². The highest BCUT2D eigenvalue weighted by atomic mass is 35.5. The molecule has 6 nitrogen and oxygen atoms in total. The first-order valence-electron chi connectivity index (χ1n) is 6.44. The molecule has 0 aromatic heterocycles. The monoisotopic (exact) mass is 323 g/mol. The molecule has 0 heterocycles. The molecule has 116 valence electrons. The van der Waals surface area contributed by atoms with Gasteiger partial charge in [0, 0.05) is 28.3 Å². The van der Waals surface area contributed by atoms with Gasteiger partial charge in [-0.25, -0.2) is 0 Å². The molecule has 0 bridgehead atoms. The number of nitro benzene ring substituents is 1. The van der Waals surface area contributed by atoms with E-state index in [-0.39, 0.29) is 25.5 Å². The first-order chi connectivity index (χ1) is 10.5. The number of aliphatic hydroxyl groups excluding tert-OH is 2. The number of halogens is 1. The second-order valence-corrected chi connectivity index (χ2v) is 5.02. The van der Waals surface area contributed by atoms with Crippen LogP contribution < -0.4 is 4.74 Å². The van der Waals surface area contributed by atoms with Crippen LogP contribution in [0.25, 0.3) is 0 Å². The van der Waals surface area contributed by atoms with E-state index in [2.05, 4.69) is 0 Å². The van der Waals surface area contributed by atoms with E-state index in [1.807, 2.05) is 0 Å². The second kappa shape index (κ2) is 7.22. The summed E-state index contributed by atoms with van der Waals surface area (Å²) in [7, 11) is 0. The lowest BCUT2D eigenvalue weighted by molar-refractivity contribution is -0.384. The average molecular weight is 324 g/mol. The van der Waals surface area contributed by atoms with Gasteiger partial charge in [-0.15, -0.1) is 0 Å². The standard InChI is InChI=1S/C15H14ClNO5/c16-13-5-11(7-18)15(12(6-13)8-19)22-9-10-1-3-14(4-2-10)17(20)21/h1-6,18-19H,7-9H2. The fraction of sp³-hybridized carbons (Fsp3) is 0.200. The van der Waals surface area contributed by atoms with Crippen LogP contribution in [0.1, 0.15) is 16.7 Å². The van der Waals surface area contributed by atoms with E-state index in [0.717, 1.165) is 5.56 Å². The summed E-state index contributed by atoms with van der Waals surface area (Å²) in [6.07, 6.45) is 0. The van der Waals surface area contributed by atoms with E-state index in [1.165, 1.54) is 12.1 Å². The number of hydrogen-bond acceptors (Lipinski definition) is 5. The molecule has 7 heteroatoms. The van der Waals surface area contributed by atoms with Crippen LogP contribution in [-0.2, 0) is 19.8 Å². The van der Waals surface area contributed by atoms with Crippen molar-refractivity contribution in [1.82, 2.24) is 0 Å².